The van der Waals surface area contributed by atoms with Gasteiger partial charge in [0.1, 0.15) is 11.5 Å². The van der Waals surface area contributed by atoms with Gasteiger partial charge in [0.2, 0.25) is 0 Å². The number of furan rings is 1. The molecule has 1 aromatic heterocycles. The molecule has 0 spiro atoms. The van der Waals surface area contributed by atoms with E-state index in [1.807, 2.05) is 25.1 Å². The van der Waals surface area contributed by atoms with E-state index in [9.17, 15) is 9.59 Å². The molecule has 1 aliphatic heterocycles. The fourth-order valence-corrected chi connectivity index (χ4v) is 3.81. The van der Waals surface area contributed by atoms with Gasteiger partial charge in [-0.2, -0.15) is 0 Å². The Bertz CT molecular complexity index is 1230. The van der Waals surface area contributed by atoms with Crippen molar-refractivity contribution in [3.63, 3.8) is 0 Å². The lowest BCUT2D eigenvalue weighted by atomic mass is 10.1. The molecule has 3 aromatic rings. The van der Waals surface area contributed by atoms with Gasteiger partial charge in [-0.05, 0) is 60.6 Å². The molecule has 0 atom stereocenters. The highest BCUT2D eigenvalue weighted by Crippen LogP contribution is 2.31. The lowest BCUT2D eigenvalue weighted by molar-refractivity contribution is -0.115. The van der Waals surface area contributed by atoms with E-state index in [2.05, 4.69) is 10.3 Å². The Morgan fingerprint density at radius 1 is 1.20 bits per heavy atom. The number of nitrogens with zero attached hydrogens (tertiary/aromatic N) is 1. The Morgan fingerprint density at radius 3 is 2.80 bits per heavy atom. The number of halogens is 1. The van der Waals surface area contributed by atoms with E-state index < -0.39 is 5.97 Å². The molecule has 0 aliphatic carbocycles. The van der Waals surface area contributed by atoms with Crippen molar-refractivity contribution in [1.29, 1.82) is 0 Å². The van der Waals surface area contributed by atoms with Crippen LogP contribution in [0.15, 0.2) is 68.9 Å². The number of rotatable bonds is 4. The number of amides is 1. The van der Waals surface area contributed by atoms with Crippen molar-refractivity contribution in [3.05, 3.63) is 81.4 Å². The number of thioether (sulfide) groups is 1. The molecule has 0 unspecified atom stereocenters. The first-order valence-corrected chi connectivity index (χ1v) is 10.1. The normalized spacial score (nSPS) is 16.3. The second-order valence-electron chi connectivity index (χ2n) is 6.50. The number of benzene rings is 2. The largest absolute Gasteiger partial charge is 0.478 e. The van der Waals surface area contributed by atoms with Crippen molar-refractivity contribution >= 4 is 52.2 Å². The summed E-state index contributed by atoms with van der Waals surface area (Å²) in [7, 11) is 0. The number of hydrogen-bond donors (Lipinski definition) is 2. The van der Waals surface area contributed by atoms with Crippen LogP contribution in [0.2, 0.25) is 5.02 Å². The van der Waals surface area contributed by atoms with Crippen LogP contribution in [0.25, 0.3) is 17.4 Å². The van der Waals surface area contributed by atoms with Gasteiger partial charge in [-0.15, -0.1) is 0 Å². The van der Waals surface area contributed by atoms with Crippen LogP contribution in [0.3, 0.4) is 0 Å². The second-order valence-corrected chi connectivity index (χ2v) is 7.97. The Hall–Kier alpha value is -3.29. The number of carbonyl (C=O) groups excluding carboxylic acids is 1. The highest BCUT2D eigenvalue weighted by atomic mass is 35.5. The molecule has 1 amide bonds. The standard InChI is InChI=1S/C22H15ClN2O4S/c1-12-5-6-14(21(27)28)10-17(12)24-22-25-20(26)19(30-22)11-16-7-8-18(29-16)13-3-2-4-15(23)9-13/h2-11H,1H3,(H,27,28)(H,24,25,26). The molecule has 1 aliphatic rings. The monoisotopic (exact) mass is 438 g/mol. The minimum atomic E-state index is -1.03. The van der Waals surface area contributed by atoms with Gasteiger partial charge in [0.05, 0.1) is 16.2 Å². The van der Waals surface area contributed by atoms with Gasteiger partial charge in [0.25, 0.3) is 5.91 Å². The van der Waals surface area contributed by atoms with Crippen molar-refractivity contribution in [2.24, 2.45) is 4.99 Å². The van der Waals surface area contributed by atoms with Crippen LogP contribution in [0.1, 0.15) is 21.7 Å². The average molecular weight is 439 g/mol. The van der Waals surface area contributed by atoms with E-state index >= 15 is 0 Å². The number of aliphatic imine (C=N–C) groups is 1. The van der Waals surface area contributed by atoms with E-state index in [-0.39, 0.29) is 11.5 Å². The summed E-state index contributed by atoms with van der Waals surface area (Å²) in [6.45, 7) is 1.82. The lowest BCUT2D eigenvalue weighted by Crippen LogP contribution is -2.19. The number of aryl methyl sites for hydroxylation is 1. The summed E-state index contributed by atoms with van der Waals surface area (Å²) in [5.74, 6) is -0.171. The zero-order valence-electron chi connectivity index (χ0n) is 15.7. The zero-order chi connectivity index (χ0) is 21.3. The zero-order valence-corrected chi connectivity index (χ0v) is 17.3. The van der Waals surface area contributed by atoms with E-state index in [0.29, 0.717) is 32.3 Å². The molecule has 6 nitrogen and oxygen atoms in total. The van der Waals surface area contributed by atoms with Crippen molar-refractivity contribution in [1.82, 2.24) is 5.32 Å². The van der Waals surface area contributed by atoms with Crippen LogP contribution in [0.4, 0.5) is 5.69 Å². The van der Waals surface area contributed by atoms with Crippen molar-refractivity contribution in [2.45, 2.75) is 6.92 Å². The van der Waals surface area contributed by atoms with E-state index in [4.69, 9.17) is 21.1 Å². The maximum absolute atomic E-state index is 12.3. The maximum Gasteiger partial charge on any atom is 0.335 e. The maximum atomic E-state index is 12.3. The SMILES string of the molecule is Cc1ccc(C(=O)O)cc1N=C1NC(=O)C(=Cc2ccc(-c3cccc(Cl)c3)o2)S1. The van der Waals surface area contributed by atoms with Gasteiger partial charge >= 0.3 is 5.97 Å². The quantitative estimate of drug-likeness (QED) is 0.525. The van der Waals surface area contributed by atoms with Crippen LogP contribution in [0, 0.1) is 6.92 Å². The van der Waals surface area contributed by atoms with Gasteiger partial charge in [-0.3, -0.25) is 4.79 Å². The Labute approximate surface area is 181 Å². The predicted octanol–water partition coefficient (Wildman–Crippen LogP) is 5.50. The first-order valence-electron chi connectivity index (χ1n) is 8.88. The molecule has 0 radical (unpaired) electrons. The molecular weight excluding hydrogens is 424 g/mol. The highest BCUT2D eigenvalue weighted by Gasteiger charge is 2.24. The van der Waals surface area contributed by atoms with Gasteiger partial charge < -0.3 is 14.8 Å². The molecular formula is C22H15ClN2O4S. The summed E-state index contributed by atoms with van der Waals surface area (Å²) in [6.07, 6.45) is 1.64. The molecule has 1 fully saturated rings. The summed E-state index contributed by atoms with van der Waals surface area (Å²) < 4.78 is 5.82. The van der Waals surface area contributed by atoms with Gasteiger partial charge in [0.15, 0.2) is 5.17 Å². The summed E-state index contributed by atoms with van der Waals surface area (Å²) in [5.41, 5.74) is 2.26. The molecule has 0 bridgehead atoms. The minimum absolute atomic E-state index is 0.133. The first-order chi connectivity index (χ1) is 14.4. The lowest BCUT2D eigenvalue weighted by Gasteiger charge is -2.03. The smallest absolute Gasteiger partial charge is 0.335 e. The summed E-state index contributed by atoms with van der Waals surface area (Å²) in [5, 5.41) is 12.8. The molecule has 1 saturated heterocycles. The van der Waals surface area contributed by atoms with Crippen LogP contribution >= 0.6 is 23.4 Å². The van der Waals surface area contributed by atoms with Crippen molar-refractivity contribution in [3.8, 4) is 11.3 Å². The van der Waals surface area contributed by atoms with Gasteiger partial charge in [0, 0.05) is 16.7 Å². The molecule has 150 valence electrons. The fraction of sp³-hybridized carbons (Fsp3) is 0.0455. The van der Waals surface area contributed by atoms with Crippen LogP contribution in [-0.2, 0) is 4.79 Å². The number of carboxylic acids is 1. The second kappa shape index (κ2) is 8.22. The number of carboxylic acid groups (broad SMARTS) is 1. The first kappa shape index (κ1) is 20.0. The summed E-state index contributed by atoms with van der Waals surface area (Å²) in [4.78, 5) is 28.3. The number of nitrogens with one attached hydrogen (secondary N) is 1. The predicted molar refractivity (Wildman–Crippen MR) is 118 cm³/mol. The Morgan fingerprint density at radius 2 is 2.03 bits per heavy atom. The van der Waals surface area contributed by atoms with Crippen LogP contribution in [0.5, 0.6) is 0 Å². The van der Waals surface area contributed by atoms with Crippen molar-refractivity contribution < 1.29 is 19.1 Å². The van der Waals surface area contributed by atoms with E-state index in [0.717, 1.165) is 22.9 Å². The molecule has 30 heavy (non-hydrogen) atoms. The number of amidine groups is 1. The Kier molecular flexibility index (Phi) is 5.48. The fourth-order valence-electron chi connectivity index (χ4n) is 2.81. The van der Waals surface area contributed by atoms with Gasteiger partial charge in [-0.1, -0.05) is 29.8 Å². The number of hydrogen-bond acceptors (Lipinski definition) is 5. The van der Waals surface area contributed by atoms with Crippen LogP contribution < -0.4 is 5.32 Å². The average Bonchev–Trinajstić information content (AvgIpc) is 3.30. The van der Waals surface area contributed by atoms with Crippen molar-refractivity contribution in [2.75, 3.05) is 0 Å². The molecule has 2 heterocycles. The molecule has 4 rings (SSSR count). The third-order valence-electron chi connectivity index (χ3n) is 4.34. The third-order valence-corrected chi connectivity index (χ3v) is 5.48. The van der Waals surface area contributed by atoms with E-state index in [1.165, 1.54) is 12.1 Å². The molecule has 8 heteroatoms. The van der Waals surface area contributed by atoms with E-state index in [1.54, 1.807) is 30.3 Å². The summed E-state index contributed by atoms with van der Waals surface area (Å²) in [6, 6.07) is 15.6. The highest BCUT2D eigenvalue weighted by molar-refractivity contribution is 8.18. The molecule has 2 N–H and O–H groups in total. The topological polar surface area (TPSA) is 91.9 Å². The summed E-state index contributed by atoms with van der Waals surface area (Å²) >= 11 is 7.18. The van der Waals surface area contributed by atoms with Crippen LogP contribution in [-0.4, -0.2) is 22.2 Å². The van der Waals surface area contributed by atoms with Gasteiger partial charge in [-0.25, -0.2) is 9.79 Å². The number of aromatic carboxylic acids is 1. The Balaban J connectivity index is 1.57. The molecule has 2 aromatic carbocycles. The molecule has 0 saturated carbocycles. The number of carbonyl (C=O) groups is 2. The third kappa shape index (κ3) is 4.32. The minimum Gasteiger partial charge on any atom is -0.478 e.